The predicted molar refractivity (Wildman–Crippen MR) is 32.8 cm³/mol. The fourth-order valence-electron chi connectivity index (χ4n) is 0.876. The van der Waals surface area contributed by atoms with Crippen LogP contribution in [0.1, 0.15) is 0 Å². The van der Waals surface area contributed by atoms with Crippen LogP contribution in [0.5, 0.6) is 0 Å². The molecule has 0 saturated carbocycles. The quantitative estimate of drug-likeness (QED) is 0.567. The van der Waals surface area contributed by atoms with Gasteiger partial charge in [0.15, 0.2) is 5.58 Å². The summed E-state index contributed by atoms with van der Waals surface area (Å²) in [7, 11) is 0. The van der Waals surface area contributed by atoms with Gasteiger partial charge in [-0.15, -0.1) is 0 Å². The number of benzene rings is 1. The summed E-state index contributed by atoms with van der Waals surface area (Å²) in [5.41, 5.74) is 4.12. The van der Waals surface area contributed by atoms with E-state index in [1.54, 1.807) is 12.1 Å². The van der Waals surface area contributed by atoms with Crippen LogP contribution in [0.2, 0.25) is 0 Å². The van der Waals surface area contributed by atoms with Crippen molar-refractivity contribution >= 4 is 16.9 Å². The maximum atomic E-state index is 8.42. The van der Waals surface area contributed by atoms with Gasteiger partial charge in [0.05, 0.1) is 0 Å². The first-order valence-corrected chi connectivity index (χ1v) is 2.62. The summed E-state index contributed by atoms with van der Waals surface area (Å²) >= 11 is 0. The Hall–Kier alpha value is -1.22. The largest absolute Gasteiger partial charge is 0.455 e. The minimum Gasteiger partial charge on any atom is -0.455 e. The predicted octanol–water partition coefficient (Wildman–Crippen LogP) is 1.67. The Morgan fingerprint density at radius 3 is 2.67 bits per heavy atom. The first kappa shape index (κ1) is 4.64. The van der Waals surface area contributed by atoms with Gasteiger partial charge in [0.25, 0.3) is 0 Å². The van der Waals surface area contributed by atoms with Gasteiger partial charge in [-0.25, -0.2) is 0 Å². The SMILES string of the molecule is ONc1cc2ccc1o2. The Kier molecular flexibility index (Phi) is 0.715. The Bertz CT molecular complexity index is 301. The maximum Gasteiger partial charge on any atom is 0.153 e. The first-order chi connectivity index (χ1) is 4.40. The fourth-order valence-corrected chi connectivity index (χ4v) is 0.876. The normalized spacial score (nSPS) is 10.8. The van der Waals surface area contributed by atoms with E-state index >= 15 is 0 Å². The first-order valence-electron chi connectivity index (χ1n) is 2.62. The van der Waals surface area contributed by atoms with Crippen molar-refractivity contribution in [3.8, 4) is 0 Å². The molecule has 2 bridgehead atoms. The van der Waals surface area contributed by atoms with Crippen molar-refractivity contribution in [2.45, 2.75) is 0 Å². The number of fused-ring (bicyclic) bond motifs is 2. The Balaban J connectivity index is 2.72. The number of hydrogen-bond acceptors (Lipinski definition) is 3. The molecule has 0 aromatic carbocycles. The molecule has 9 heavy (non-hydrogen) atoms. The molecule has 0 atom stereocenters. The summed E-state index contributed by atoms with van der Waals surface area (Å²) in [6.45, 7) is 0. The standard InChI is InChI=1S/C6H5NO2/c8-7-5-3-4-1-2-6(5)9-4/h1-3,7-8H. The Labute approximate surface area is 51.2 Å². The van der Waals surface area contributed by atoms with Crippen LogP contribution in [0.4, 0.5) is 5.69 Å². The lowest BCUT2D eigenvalue weighted by Gasteiger charge is -1.88. The van der Waals surface area contributed by atoms with Crippen LogP contribution in [0, 0.1) is 0 Å². The lowest BCUT2D eigenvalue weighted by atomic mass is 10.3. The number of nitrogens with one attached hydrogen (secondary N) is 1. The van der Waals surface area contributed by atoms with E-state index in [2.05, 4.69) is 0 Å². The van der Waals surface area contributed by atoms with Crippen LogP contribution in [-0.4, -0.2) is 5.21 Å². The summed E-state index contributed by atoms with van der Waals surface area (Å²) in [5, 5.41) is 8.42. The van der Waals surface area contributed by atoms with E-state index in [9.17, 15) is 0 Å². The van der Waals surface area contributed by atoms with Gasteiger partial charge in [0.1, 0.15) is 11.3 Å². The van der Waals surface area contributed by atoms with E-state index in [0.29, 0.717) is 11.3 Å². The van der Waals surface area contributed by atoms with Gasteiger partial charge < -0.3 is 4.42 Å². The van der Waals surface area contributed by atoms with Gasteiger partial charge in [-0.3, -0.25) is 10.7 Å². The van der Waals surface area contributed by atoms with Gasteiger partial charge in [-0.1, -0.05) is 0 Å². The zero-order valence-electron chi connectivity index (χ0n) is 4.59. The van der Waals surface area contributed by atoms with Crippen LogP contribution < -0.4 is 5.48 Å². The van der Waals surface area contributed by atoms with Crippen molar-refractivity contribution in [1.82, 2.24) is 0 Å². The zero-order valence-corrected chi connectivity index (χ0v) is 4.59. The monoisotopic (exact) mass is 123 g/mol. The van der Waals surface area contributed by atoms with E-state index in [1.807, 2.05) is 11.5 Å². The van der Waals surface area contributed by atoms with Gasteiger partial charge >= 0.3 is 0 Å². The van der Waals surface area contributed by atoms with E-state index in [0.717, 1.165) is 5.58 Å². The minimum atomic E-state index is 0.632. The molecule has 46 valence electrons. The van der Waals surface area contributed by atoms with Gasteiger partial charge in [-0.05, 0) is 12.1 Å². The van der Waals surface area contributed by atoms with E-state index < -0.39 is 0 Å². The van der Waals surface area contributed by atoms with Crippen LogP contribution >= 0.6 is 0 Å². The highest BCUT2D eigenvalue weighted by Crippen LogP contribution is 2.25. The molecule has 0 spiro atoms. The summed E-state index contributed by atoms with van der Waals surface area (Å²) in [4.78, 5) is 0. The second kappa shape index (κ2) is 1.39. The van der Waals surface area contributed by atoms with Crippen molar-refractivity contribution < 1.29 is 9.62 Å². The molecule has 0 radical (unpaired) electrons. The highest BCUT2D eigenvalue weighted by atomic mass is 16.5. The van der Waals surface area contributed by atoms with Crippen LogP contribution in [0.25, 0.3) is 11.2 Å². The topological polar surface area (TPSA) is 45.4 Å². The maximum absolute atomic E-state index is 8.42. The molecule has 2 heterocycles. The molecule has 0 aliphatic rings. The number of rotatable bonds is 1. The molecule has 0 fully saturated rings. The van der Waals surface area contributed by atoms with Crippen LogP contribution in [-0.2, 0) is 0 Å². The fraction of sp³-hybridized carbons (Fsp3) is 0. The molecule has 2 aromatic rings. The number of furan rings is 2. The highest BCUT2D eigenvalue weighted by molar-refractivity contribution is 5.78. The molecular weight excluding hydrogens is 118 g/mol. The molecule has 0 unspecified atom stereocenters. The van der Waals surface area contributed by atoms with Crippen molar-refractivity contribution in [1.29, 1.82) is 0 Å². The average Bonchev–Trinajstić information content (AvgIpc) is 2.45. The van der Waals surface area contributed by atoms with Crippen molar-refractivity contribution in [3.05, 3.63) is 18.2 Å². The lowest BCUT2D eigenvalue weighted by molar-refractivity contribution is 0.389. The number of anilines is 1. The van der Waals surface area contributed by atoms with Crippen molar-refractivity contribution in [2.75, 3.05) is 5.48 Å². The molecule has 0 amide bonds. The van der Waals surface area contributed by atoms with E-state index in [4.69, 9.17) is 9.62 Å². The highest BCUT2D eigenvalue weighted by Gasteiger charge is 2.03. The van der Waals surface area contributed by atoms with Crippen molar-refractivity contribution in [3.63, 3.8) is 0 Å². The summed E-state index contributed by atoms with van der Waals surface area (Å²) in [6.07, 6.45) is 0. The van der Waals surface area contributed by atoms with E-state index in [1.165, 1.54) is 0 Å². The zero-order chi connectivity index (χ0) is 6.27. The van der Waals surface area contributed by atoms with Crippen LogP contribution in [0.3, 0.4) is 0 Å². The average molecular weight is 123 g/mol. The molecule has 3 nitrogen and oxygen atoms in total. The molecule has 2 rings (SSSR count). The van der Waals surface area contributed by atoms with Gasteiger partial charge in [0, 0.05) is 6.07 Å². The Morgan fingerprint density at radius 1 is 1.44 bits per heavy atom. The second-order valence-corrected chi connectivity index (χ2v) is 1.87. The molecule has 0 aliphatic heterocycles. The molecule has 2 N–H and O–H groups in total. The summed E-state index contributed by atoms with van der Waals surface area (Å²) in [6, 6.07) is 5.37. The summed E-state index contributed by atoms with van der Waals surface area (Å²) < 4.78 is 5.08. The third kappa shape index (κ3) is 0.490. The number of hydrogen-bond donors (Lipinski definition) is 2. The molecule has 0 aliphatic carbocycles. The molecule has 0 saturated heterocycles. The minimum absolute atomic E-state index is 0.632. The molecule has 2 aromatic heterocycles. The van der Waals surface area contributed by atoms with Gasteiger partial charge in [0.2, 0.25) is 0 Å². The third-order valence-electron chi connectivity index (χ3n) is 1.30. The van der Waals surface area contributed by atoms with Gasteiger partial charge in [-0.2, -0.15) is 0 Å². The smallest absolute Gasteiger partial charge is 0.153 e. The third-order valence-corrected chi connectivity index (χ3v) is 1.30. The molecular formula is C6H5NO2. The second-order valence-electron chi connectivity index (χ2n) is 1.87. The van der Waals surface area contributed by atoms with E-state index in [-0.39, 0.29) is 0 Å². The summed E-state index contributed by atoms with van der Waals surface area (Å²) in [5.74, 6) is 0. The van der Waals surface area contributed by atoms with Crippen molar-refractivity contribution in [2.24, 2.45) is 0 Å². The Morgan fingerprint density at radius 2 is 2.33 bits per heavy atom. The lowest BCUT2D eigenvalue weighted by Crippen LogP contribution is -1.85. The molecule has 3 heteroatoms. The van der Waals surface area contributed by atoms with Crippen LogP contribution in [0.15, 0.2) is 22.6 Å².